The van der Waals surface area contributed by atoms with Crippen LogP contribution in [0.5, 0.6) is 0 Å². The first kappa shape index (κ1) is 22.1. The molecule has 0 spiro atoms. The average Bonchev–Trinajstić information content (AvgIpc) is 2.79. The summed E-state index contributed by atoms with van der Waals surface area (Å²) >= 11 is 6.55. The number of nitrogens with one attached hydrogen (secondary N) is 1. The standard InChI is InChI=1S/C27H32ClN3O3/c28-21-2-3-22-20(1-4-23(29-22)31-7-5-19(6-8-31)26(33)34)25(21)30-24(32)15-27-12-16-9-17(13-27)11-18(10-16)14-27/h1-4,16-19H,5-15H2,(H,30,32)(H,33,34). The van der Waals surface area contributed by atoms with Gasteiger partial charge >= 0.3 is 5.97 Å². The number of aromatic nitrogens is 1. The van der Waals surface area contributed by atoms with E-state index < -0.39 is 5.97 Å². The molecule has 1 amide bonds. The lowest BCUT2D eigenvalue weighted by atomic mass is 9.49. The fourth-order valence-corrected chi connectivity index (χ4v) is 8.07. The second kappa shape index (κ2) is 8.40. The summed E-state index contributed by atoms with van der Waals surface area (Å²) < 4.78 is 0. The fraction of sp³-hybridized carbons (Fsp3) is 0.593. The first-order valence-electron chi connectivity index (χ1n) is 12.7. The molecule has 1 saturated heterocycles. The van der Waals surface area contributed by atoms with Crippen molar-refractivity contribution in [1.29, 1.82) is 0 Å². The molecular formula is C27H32ClN3O3. The molecule has 1 aromatic heterocycles. The number of carbonyl (C=O) groups excluding carboxylic acids is 1. The van der Waals surface area contributed by atoms with E-state index in [9.17, 15) is 14.7 Å². The van der Waals surface area contributed by atoms with Gasteiger partial charge in [0.05, 0.1) is 22.1 Å². The Balaban J connectivity index is 1.19. The predicted octanol–water partition coefficient (Wildman–Crippen LogP) is 5.73. The zero-order chi connectivity index (χ0) is 23.4. The van der Waals surface area contributed by atoms with Crippen molar-refractivity contribution in [2.45, 2.75) is 57.8 Å². The molecule has 4 saturated carbocycles. The van der Waals surface area contributed by atoms with Gasteiger partial charge in [0.25, 0.3) is 0 Å². The summed E-state index contributed by atoms with van der Waals surface area (Å²) in [4.78, 5) is 31.5. The lowest BCUT2D eigenvalue weighted by Crippen LogP contribution is -2.47. The van der Waals surface area contributed by atoms with Crippen LogP contribution in [-0.2, 0) is 9.59 Å². The Morgan fingerprint density at radius 1 is 1.03 bits per heavy atom. The molecule has 7 rings (SSSR count). The summed E-state index contributed by atoms with van der Waals surface area (Å²) in [6.07, 6.45) is 9.58. The Labute approximate surface area is 205 Å². The molecule has 6 nitrogen and oxygen atoms in total. The van der Waals surface area contributed by atoms with E-state index in [4.69, 9.17) is 16.6 Å². The average molecular weight is 482 g/mol. The summed E-state index contributed by atoms with van der Waals surface area (Å²) in [7, 11) is 0. The van der Waals surface area contributed by atoms with Crippen LogP contribution in [0.15, 0.2) is 24.3 Å². The number of pyridine rings is 1. The van der Waals surface area contributed by atoms with Crippen LogP contribution in [0.1, 0.15) is 57.8 Å². The van der Waals surface area contributed by atoms with Crippen molar-refractivity contribution in [3.05, 3.63) is 29.3 Å². The van der Waals surface area contributed by atoms with Crippen molar-refractivity contribution in [2.75, 3.05) is 23.3 Å². The lowest BCUT2D eigenvalue weighted by Gasteiger charge is -2.56. The van der Waals surface area contributed by atoms with Crippen LogP contribution in [0.2, 0.25) is 5.02 Å². The Hall–Kier alpha value is -2.34. The van der Waals surface area contributed by atoms with Gasteiger partial charge in [-0.05, 0) is 98.8 Å². The molecule has 1 aromatic carbocycles. The maximum Gasteiger partial charge on any atom is 0.306 e. The van der Waals surface area contributed by atoms with Crippen molar-refractivity contribution >= 4 is 45.9 Å². The van der Waals surface area contributed by atoms with Gasteiger partial charge in [-0.2, -0.15) is 0 Å². The third kappa shape index (κ3) is 4.04. The van der Waals surface area contributed by atoms with E-state index in [1.807, 2.05) is 18.2 Å². The van der Waals surface area contributed by atoms with Gasteiger partial charge in [-0.3, -0.25) is 9.59 Å². The summed E-state index contributed by atoms with van der Waals surface area (Å²) in [6.45, 7) is 1.36. The molecule has 4 bridgehead atoms. The Bertz CT molecular complexity index is 1110. The monoisotopic (exact) mass is 481 g/mol. The van der Waals surface area contributed by atoms with Crippen LogP contribution in [0.25, 0.3) is 10.9 Å². The van der Waals surface area contributed by atoms with Gasteiger partial charge in [0, 0.05) is 24.9 Å². The van der Waals surface area contributed by atoms with Crippen LogP contribution >= 0.6 is 11.6 Å². The minimum Gasteiger partial charge on any atom is -0.481 e. The van der Waals surface area contributed by atoms with Gasteiger partial charge in [0.2, 0.25) is 5.91 Å². The summed E-state index contributed by atoms with van der Waals surface area (Å²) in [5, 5.41) is 13.8. The Kier molecular flexibility index (Phi) is 5.47. The van der Waals surface area contributed by atoms with E-state index in [0.29, 0.717) is 43.1 Å². The number of rotatable bonds is 5. The zero-order valence-corrected chi connectivity index (χ0v) is 20.2. The SMILES string of the molecule is O=C(CC12CC3CC(CC(C3)C1)C2)Nc1c(Cl)ccc2nc(N3CCC(C(=O)O)CC3)ccc12. The van der Waals surface area contributed by atoms with Crippen LogP contribution < -0.4 is 10.2 Å². The Morgan fingerprint density at radius 3 is 2.29 bits per heavy atom. The third-order valence-corrected chi connectivity index (χ3v) is 9.25. The van der Waals surface area contributed by atoms with E-state index in [1.165, 1.54) is 38.5 Å². The topological polar surface area (TPSA) is 82.5 Å². The smallest absolute Gasteiger partial charge is 0.306 e. The number of aliphatic carboxylic acids is 1. The van der Waals surface area contributed by atoms with Crippen LogP contribution in [0.4, 0.5) is 11.5 Å². The molecule has 0 radical (unpaired) electrons. The second-order valence-corrected chi connectivity index (χ2v) is 11.8. The maximum atomic E-state index is 13.2. The van der Waals surface area contributed by atoms with E-state index in [0.717, 1.165) is 34.5 Å². The van der Waals surface area contributed by atoms with Crippen molar-refractivity contribution in [2.24, 2.45) is 29.1 Å². The number of fused-ring (bicyclic) bond motifs is 1. The van der Waals surface area contributed by atoms with Crippen molar-refractivity contribution in [1.82, 2.24) is 4.98 Å². The van der Waals surface area contributed by atoms with Gasteiger partial charge in [0.15, 0.2) is 0 Å². The number of piperidine rings is 1. The number of hydrogen-bond donors (Lipinski definition) is 2. The van der Waals surface area contributed by atoms with Gasteiger partial charge in [-0.1, -0.05) is 11.6 Å². The number of benzene rings is 1. The highest BCUT2D eigenvalue weighted by Crippen LogP contribution is 2.61. The quantitative estimate of drug-likeness (QED) is 0.569. The Morgan fingerprint density at radius 2 is 1.68 bits per heavy atom. The number of nitrogens with zero attached hydrogens (tertiary/aromatic N) is 2. The van der Waals surface area contributed by atoms with E-state index in [2.05, 4.69) is 10.2 Å². The summed E-state index contributed by atoms with van der Waals surface area (Å²) in [5.41, 5.74) is 1.62. The van der Waals surface area contributed by atoms with E-state index >= 15 is 0 Å². The number of amides is 1. The van der Waals surface area contributed by atoms with Crippen LogP contribution in [0.3, 0.4) is 0 Å². The molecular weight excluding hydrogens is 450 g/mol. The molecule has 0 unspecified atom stereocenters. The highest BCUT2D eigenvalue weighted by atomic mass is 35.5. The fourth-order valence-electron chi connectivity index (χ4n) is 7.86. The largest absolute Gasteiger partial charge is 0.481 e. The number of halogens is 1. The molecule has 4 aliphatic carbocycles. The molecule has 180 valence electrons. The summed E-state index contributed by atoms with van der Waals surface area (Å²) in [5.74, 6) is 2.39. The number of hydrogen-bond acceptors (Lipinski definition) is 4. The van der Waals surface area contributed by atoms with E-state index in [1.54, 1.807) is 6.07 Å². The van der Waals surface area contributed by atoms with Gasteiger partial charge in [0.1, 0.15) is 5.82 Å². The molecule has 1 aliphatic heterocycles. The van der Waals surface area contributed by atoms with Gasteiger partial charge < -0.3 is 15.3 Å². The minimum absolute atomic E-state index is 0.0659. The second-order valence-electron chi connectivity index (χ2n) is 11.4. The highest BCUT2D eigenvalue weighted by Gasteiger charge is 2.51. The number of carbonyl (C=O) groups is 2. The highest BCUT2D eigenvalue weighted by molar-refractivity contribution is 6.35. The van der Waals surface area contributed by atoms with Crippen LogP contribution in [0, 0.1) is 29.1 Å². The van der Waals surface area contributed by atoms with Crippen molar-refractivity contribution < 1.29 is 14.7 Å². The third-order valence-electron chi connectivity index (χ3n) is 8.94. The molecule has 5 aliphatic rings. The molecule has 2 heterocycles. The number of anilines is 2. The normalized spacial score (nSPS) is 30.6. The van der Waals surface area contributed by atoms with Crippen LogP contribution in [-0.4, -0.2) is 35.1 Å². The minimum atomic E-state index is -0.713. The van der Waals surface area contributed by atoms with Crippen molar-refractivity contribution in [3.8, 4) is 0 Å². The molecule has 0 atom stereocenters. The van der Waals surface area contributed by atoms with Gasteiger partial charge in [-0.25, -0.2) is 4.98 Å². The number of carboxylic acid groups (broad SMARTS) is 1. The van der Waals surface area contributed by atoms with Crippen molar-refractivity contribution in [3.63, 3.8) is 0 Å². The molecule has 5 fully saturated rings. The maximum absolute atomic E-state index is 13.2. The molecule has 34 heavy (non-hydrogen) atoms. The number of carboxylic acids is 1. The zero-order valence-electron chi connectivity index (χ0n) is 19.4. The first-order valence-corrected chi connectivity index (χ1v) is 13.1. The molecule has 2 N–H and O–H groups in total. The first-order chi connectivity index (χ1) is 16.4. The van der Waals surface area contributed by atoms with Gasteiger partial charge in [-0.15, -0.1) is 0 Å². The summed E-state index contributed by atoms with van der Waals surface area (Å²) in [6, 6.07) is 7.62. The predicted molar refractivity (Wildman–Crippen MR) is 133 cm³/mol. The molecule has 7 heteroatoms. The lowest BCUT2D eigenvalue weighted by molar-refractivity contribution is -0.142. The molecule has 2 aromatic rings. The van der Waals surface area contributed by atoms with E-state index in [-0.39, 0.29) is 17.2 Å².